The van der Waals surface area contributed by atoms with Gasteiger partial charge < -0.3 is 0 Å². The van der Waals surface area contributed by atoms with Crippen LogP contribution in [0.5, 0.6) is 0 Å². The quantitative estimate of drug-likeness (QED) is 0.902. The van der Waals surface area contributed by atoms with Crippen molar-refractivity contribution in [3.8, 4) is 0 Å². The number of nitrogens with zero attached hydrogens (tertiary/aromatic N) is 1. The number of hydrazine groups is 1. The average Bonchev–Trinajstić information content (AvgIpc) is 2.66. The van der Waals surface area contributed by atoms with E-state index in [9.17, 15) is 18.0 Å². The van der Waals surface area contributed by atoms with Gasteiger partial charge in [-0.1, -0.05) is 29.8 Å². The Kier molecular flexibility index (Phi) is 3.49. The molecule has 1 fully saturated rings. The summed E-state index contributed by atoms with van der Waals surface area (Å²) < 4.78 is 39.3. The molecule has 0 aromatic heterocycles. The van der Waals surface area contributed by atoms with Gasteiger partial charge in [0, 0.05) is 18.0 Å². The molecule has 0 aliphatic carbocycles. The molecule has 1 N–H and O–H groups in total. The molecule has 1 heterocycles. The highest BCUT2D eigenvalue weighted by molar-refractivity contribution is 6.31. The van der Waals surface area contributed by atoms with Crippen molar-refractivity contribution in [1.29, 1.82) is 0 Å². The minimum atomic E-state index is -4.51. The highest BCUT2D eigenvalue weighted by Gasteiger charge is 2.47. The smallest absolute Gasteiger partial charge is 0.288 e. The van der Waals surface area contributed by atoms with Gasteiger partial charge in [-0.15, -0.1) is 0 Å². The number of hydrogen-bond acceptors (Lipinski definition) is 2. The molecular formula is C11H10ClF3N2O. The Morgan fingerprint density at radius 2 is 2.00 bits per heavy atom. The molecule has 1 unspecified atom stereocenters. The van der Waals surface area contributed by atoms with E-state index in [-0.39, 0.29) is 23.6 Å². The zero-order valence-corrected chi connectivity index (χ0v) is 9.92. The summed E-state index contributed by atoms with van der Waals surface area (Å²) >= 11 is 5.80. The van der Waals surface area contributed by atoms with Crippen molar-refractivity contribution in [2.75, 3.05) is 6.54 Å². The third kappa shape index (κ3) is 2.59. The van der Waals surface area contributed by atoms with E-state index in [1.165, 1.54) is 18.2 Å². The Bertz CT molecular complexity index is 464. The fraction of sp³-hybridized carbons (Fsp3) is 0.364. The molecule has 1 aromatic carbocycles. The Morgan fingerprint density at radius 1 is 1.33 bits per heavy atom. The normalized spacial score (nSPS) is 18.8. The lowest BCUT2D eigenvalue weighted by Crippen LogP contribution is -2.43. The van der Waals surface area contributed by atoms with Gasteiger partial charge in [-0.3, -0.25) is 10.2 Å². The summed E-state index contributed by atoms with van der Waals surface area (Å²) in [7, 11) is 0. The van der Waals surface area contributed by atoms with E-state index in [1.807, 2.05) is 0 Å². The van der Waals surface area contributed by atoms with E-state index in [4.69, 9.17) is 11.6 Å². The molecule has 18 heavy (non-hydrogen) atoms. The van der Waals surface area contributed by atoms with E-state index >= 15 is 0 Å². The highest BCUT2D eigenvalue weighted by atomic mass is 35.5. The van der Waals surface area contributed by atoms with Gasteiger partial charge in [0.2, 0.25) is 5.91 Å². The standard InChI is InChI=1S/C11H10ClF3N2O/c12-8-4-2-1-3-7(8)10(11(13,14)15)17-6-5-9(18)16-17/h1-4,10H,5-6H2,(H,16,18). The molecule has 1 saturated heterocycles. The first-order valence-electron chi connectivity index (χ1n) is 5.27. The summed E-state index contributed by atoms with van der Waals surface area (Å²) in [6.07, 6.45) is -4.46. The van der Waals surface area contributed by atoms with E-state index in [0.29, 0.717) is 0 Å². The molecule has 0 saturated carbocycles. The van der Waals surface area contributed by atoms with Crippen molar-refractivity contribution >= 4 is 17.5 Å². The summed E-state index contributed by atoms with van der Waals surface area (Å²) in [6, 6.07) is 3.83. The van der Waals surface area contributed by atoms with Crippen LogP contribution >= 0.6 is 11.6 Å². The molecule has 1 atom stereocenters. The van der Waals surface area contributed by atoms with E-state index in [0.717, 1.165) is 5.01 Å². The predicted molar refractivity (Wildman–Crippen MR) is 59.7 cm³/mol. The predicted octanol–water partition coefficient (Wildman–Crippen LogP) is 2.68. The van der Waals surface area contributed by atoms with Gasteiger partial charge >= 0.3 is 6.18 Å². The molecule has 1 amide bonds. The Morgan fingerprint density at radius 3 is 2.50 bits per heavy atom. The van der Waals surface area contributed by atoms with Gasteiger partial charge in [-0.05, 0) is 11.6 Å². The van der Waals surface area contributed by atoms with Gasteiger partial charge in [0.25, 0.3) is 0 Å². The van der Waals surface area contributed by atoms with E-state index < -0.39 is 18.1 Å². The van der Waals surface area contributed by atoms with Crippen LogP contribution in [0.4, 0.5) is 13.2 Å². The molecule has 2 rings (SSSR count). The van der Waals surface area contributed by atoms with Crippen LogP contribution < -0.4 is 5.43 Å². The maximum Gasteiger partial charge on any atom is 0.409 e. The Balaban J connectivity index is 2.38. The van der Waals surface area contributed by atoms with Crippen molar-refractivity contribution in [1.82, 2.24) is 10.4 Å². The summed E-state index contributed by atoms with van der Waals surface area (Å²) in [5, 5.41) is 0.907. The lowest BCUT2D eigenvalue weighted by molar-refractivity contribution is -0.191. The molecule has 0 spiro atoms. The summed E-state index contributed by atoms with van der Waals surface area (Å²) in [5.74, 6) is -0.420. The summed E-state index contributed by atoms with van der Waals surface area (Å²) in [5.41, 5.74) is 2.14. The van der Waals surface area contributed by atoms with Crippen LogP contribution in [0.15, 0.2) is 24.3 Å². The number of benzene rings is 1. The van der Waals surface area contributed by atoms with Crippen molar-refractivity contribution < 1.29 is 18.0 Å². The number of carbonyl (C=O) groups is 1. The minimum absolute atomic E-state index is 0.00817. The van der Waals surface area contributed by atoms with Crippen molar-refractivity contribution in [2.45, 2.75) is 18.6 Å². The van der Waals surface area contributed by atoms with Crippen LogP contribution in [0, 0.1) is 0 Å². The summed E-state index contributed by atoms with van der Waals surface area (Å²) in [4.78, 5) is 11.0. The van der Waals surface area contributed by atoms with Gasteiger partial charge in [0.05, 0.1) is 0 Å². The minimum Gasteiger partial charge on any atom is -0.288 e. The van der Waals surface area contributed by atoms with Crippen molar-refractivity contribution in [3.05, 3.63) is 34.9 Å². The number of rotatable bonds is 2. The monoisotopic (exact) mass is 278 g/mol. The molecule has 7 heteroatoms. The van der Waals surface area contributed by atoms with Crippen LogP contribution in [0.25, 0.3) is 0 Å². The van der Waals surface area contributed by atoms with E-state index in [2.05, 4.69) is 5.43 Å². The molecule has 3 nitrogen and oxygen atoms in total. The third-order valence-corrected chi connectivity index (χ3v) is 3.01. The van der Waals surface area contributed by atoms with Crippen LogP contribution in [0.3, 0.4) is 0 Å². The Labute approximate surface area is 106 Å². The first-order chi connectivity index (χ1) is 8.39. The molecule has 1 aromatic rings. The SMILES string of the molecule is O=C1CCN(C(c2ccccc2Cl)C(F)(F)F)N1. The number of nitrogens with one attached hydrogen (secondary N) is 1. The van der Waals surface area contributed by atoms with Gasteiger partial charge in [-0.2, -0.15) is 13.2 Å². The second-order valence-corrected chi connectivity index (χ2v) is 4.35. The summed E-state index contributed by atoms with van der Waals surface area (Å²) in [6.45, 7) is 0.00817. The molecular weight excluding hydrogens is 269 g/mol. The van der Waals surface area contributed by atoms with Crippen molar-refractivity contribution in [2.24, 2.45) is 0 Å². The third-order valence-electron chi connectivity index (χ3n) is 2.67. The van der Waals surface area contributed by atoms with Crippen LogP contribution in [-0.4, -0.2) is 23.6 Å². The largest absolute Gasteiger partial charge is 0.409 e. The average molecular weight is 279 g/mol. The molecule has 0 bridgehead atoms. The molecule has 98 valence electrons. The van der Waals surface area contributed by atoms with Crippen molar-refractivity contribution in [3.63, 3.8) is 0 Å². The van der Waals surface area contributed by atoms with Gasteiger partial charge in [0.15, 0.2) is 6.04 Å². The number of alkyl halides is 3. The molecule has 0 radical (unpaired) electrons. The molecule has 1 aliphatic rings. The number of halogens is 4. The van der Waals surface area contributed by atoms with Crippen LogP contribution in [-0.2, 0) is 4.79 Å². The van der Waals surface area contributed by atoms with Gasteiger partial charge in [-0.25, -0.2) is 5.01 Å². The Hall–Kier alpha value is -1.27. The maximum atomic E-state index is 13.1. The second-order valence-electron chi connectivity index (χ2n) is 3.94. The highest BCUT2D eigenvalue weighted by Crippen LogP contribution is 2.40. The fourth-order valence-electron chi connectivity index (χ4n) is 1.91. The number of amides is 1. The zero-order valence-electron chi connectivity index (χ0n) is 9.17. The number of hydrogen-bond donors (Lipinski definition) is 1. The molecule has 1 aliphatic heterocycles. The van der Waals surface area contributed by atoms with Gasteiger partial charge in [0.1, 0.15) is 0 Å². The van der Waals surface area contributed by atoms with Crippen LogP contribution in [0.1, 0.15) is 18.0 Å². The lowest BCUT2D eigenvalue weighted by Gasteiger charge is -2.29. The first-order valence-corrected chi connectivity index (χ1v) is 5.64. The first kappa shape index (κ1) is 13.2. The zero-order chi connectivity index (χ0) is 13.3. The van der Waals surface area contributed by atoms with Crippen LogP contribution in [0.2, 0.25) is 5.02 Å². The topological polar surface area (TPSA) is 32.3 Å². The lowest BCUT2D eigenvalue weighted by atomic mass is 10.1. The van der Waals surface area contributed by atoms with E-state index in [1.54, 1.807) is 6.07 Å². The number of carbonyl (C=O) groups excluding carboxylic acids is 1. The second kappa shape index (κ2) is 4.78. The fourth-order valence-corrected chi connectivity index (χ4v) is 2.14. The maximum absolute atomic E-state index is 13.1.